The second-order valence-corrected chi connectivity index (χ2v) is 6.20. The van der Waals surface area contributed by atoms with Crippen molar-refractivity contribution in [1.82, 2.24) is 15.5 Å². The molecule has 124 valence electrons. The van der Waals surface area contributed by atoms with Gasteiger partial charge in [0.15, 0.2) is 0 Å². The second-order valence-electron chi connectivity index (χ2n) is 6.20. The lowest BCUT2D eigenvalue weighted by atomic mass is 10.1. The number of nitrogens with zero attached hydrogens (tertiary/aromatic N) is 1. The zero-order valence-electron chi connectivity index (χ0n) is 13.6. The van der Waals surface area contributed by atoms with Crippen molar-refractivity contribution in [3.8, 4) is 0 Å². The third kappa shape index (κ3) is 4.55. The SMILES string of the molecule is CC1(C)NC(=O)N(CCCC(=O)NCCc2ccccc2)C1=O. The van der Waals surface area contributed by atoms with E-state index in [2.05, 4.69) is 10.6 Å². The standard InChI is InChI=1S/C17H23N3O3/c1-17(2)15(22)20(16(23)19-17)12-6-9-14(21)18-11-10-13-7-4-3-5-8-13/h3-5,7-8H,6,9-12H2,1-2H3,(H,18,21)(H,19,23). The zero-order chi connectivity index (χ0) is 16.9. The number of hydrogen-bond donors (Lipinski definition) is 2. The van der Waals surface area contributed by atoms with Crippen molar-refractivity contribution in [1.29, 1.82) is 0 Å². The number of rotatable bonds is 7. The van der Waals surface area contributed by atoms with Gasteiger partial charge in [-0.1, -0.05) is 30.3 Å². The van der Waals surface area contributed by atoms with Crippen molar-refractivity contribution >= 4 is 17.8 Å². The van der Waals surface area contributed by atoms with E-state index in [1.54, 1.807) is 13.8 Å². The van der Waals surface area contributed by atoms with Crippen LogP contribution in [0.1, 0.15) is 32.3 Å². The van der Waals surface area contributed by atoms with Crippen LogP contribution in [-0.2, 0) is 16.0 Å². The molecular weight excluding hydrogens is 294 g/mol. The van der Waals surface area contributed by atoms with E-state index in [0.29, 0.717) is 19.4 Å². The molecule has 1 aliphatic heterocycles. The first-order chi connectivity index (χ1) is 10.9. The Bertz CT molecular complexity index is 584. The topological polar surface area (TPSA) is 78.5 Å². The zero-order valence-corrected chi connectivity index (χ0v) is 13.6. The van der Waals surface area contributed by atoms with Crippen LogP contribution in [0.5, 0.6) is 0 Å². The van der Waals surface area contributed by atoms with Crippen LogP contribution in [0.25, 0.3) is 0 Å². The lowest BCUT2D eigenvalue weighted by molar-refractivity contribution is -0.130. The van der Waals surface area contributed by atoms with Crippen LogP contribution in [0.2, 0.25) is 0 Å². The molecule has 0 aromatic heterocycles. The Labute approximate surface area is 136 Å². The van der Waals surface area contributed by atoms with E-state index in [4.69, 9.17) is 0 Å². The summed E-state index contributed by atoms with van der Waals surface area (Å²) >= 11 is 0. The van der Waals surface area contributed by atoms with E-state index in [9.17, 15) is 14.4 Å². The fraction of sp³-hybridized carbons (Fsp3) is 0.471. The molecule has 0 aliphatic carbocycles. The molecule has 23 heavy (non-hydrogen) atoms. The normalized spacial score (nSPS) is 16.3. The average molecular weight is 317 g/mol. The maximum absolute atomic E-state index is 12.0. The summed E-state index contributed by atoms with van der Waals surface area (Å²) in [4.78, 5) is 36.6. The third-order valence-electron chi connectivity index (χ3n) is 3.81. The van der Waals surface area contributed by atoms with E-state index >= 15 is 0 Å². The highest BCUT2D eigenvalue weighted by molar-refractivity contribution is 6.06. The van der Waals surface area contributed by atoms with Gasteiger partial charge in [-0.15, -0.1) is 0 Å². The smallest absolute Gasteiger partial charge is 0.325 e. The number of carbonyl (C=O) groups excluding carboxylic acids is 3. The minimum absolute atomic E-state index is 0.0627. The van der Waals surface area contributed by atoms with Crippen LogP contribution < -0.4 is 10.6 Å². The molecule has 0 radical (unpaired) electrons. The number of imide groups is 1. The van der Waals surface area contributed by atoms with Crippen molar-refractivity contribution in [3.63, 3.8) is 0 Å². The molecule has 1 aromatic rings. The first-order valence-corrected chi connectivity index (χ1v) is 7.85. The van der Waals surface area contributed by atoms with E-state index in [0.717, 1.165) is 6.42 Å². The highest BCUT2D eigenvalue weighted by Crippen LogP contribution is 2.16. The molecule has 2 rings (SSSR count). The van der Waals surface area contributed by atoms with Gasteiger partial charge >= 0.3 is 6.03 Å². The Hall–Kier alpha value is -2.37. The summed E-state index contributed by atoms with van der Waals surface area (Å²) in [5.74, 6) is -0.306. The molecule has 2 N–H and O–H groups in total. The van der Waals surface area contributed by atoms with Crippen LogP contribution in [-0.4, -0.2) is 41.4 Å². The molecule has 1 heterocycles. The summed E-state index contributed by atoms with van der Waals surface area (Å²) in [6.07, 6.45) is 1.55. The fourth-order valence-corrected chi connectivity index (χ4v) is 2.50. The van der Waals surface area contributed by atoms with Crippen molar-refractivity contribution < 1.29 is 14.4 Å². The van der Waals surface area contributed by atoms with Crippen LogP contribution in [0.4, 0.5) is 4.79 Å². The molecule has 1 aromatic carbocycles. The fourth-order valence-electron chi connectivity index (χ4n) is 2.50. The lowest BCUT2D eigenvalue weighted by Gasteiger charge is -2.15. The predicted molar refractivity (Wildman–Crippen MR) is 86.7 cm³/mol. The van der Waals surface area contributed by atoms with Gasteiger partial charge in [0.25, 0.3) is 5.91 Å². The summed E-state index contributed by atoms with van der Waals surface area (Å²) in [5, 5.41) is 5.47. The Morgan fingerprint density at radius 2 is 1.91 bits per heavy atom. The number of hydrogen-bond acceptors (Lipinski definition) is 3. The molecule has 1 aliphatic rings. The summed E-state index contributed by atoms with van der Waals surface area (Å²) in [5.41, 5.74) is 0.323. The first-order valence-electron chi connectivity index (χ1n) is 7.85. The Morgan fingerprint density at radius 1 is 1.22 bits per heavy atom. The van der Waals surface area contributed by atoms with E-state index < -0.39 is 5.54 Å². The number of nitrogens with one attached hydrogen (secondary N) is 2. The van der Waals surface area contributed by atoms with Gasteiger partial charge in [-0.25, -0.2) is 4.79 Å². The van der Waals surface area contributed by atoms with Crippen molar-refractivity contribution in [2.24, 2.45) is 0 Å². The molecule has 6 nitrogen and oxygen atoms in total. The minimum atomic E-state index is -0.852. The molecule has 1 fully saturated rings. The molecular formula is C17H23N3O3. The maximum atomic E-state index is 12.0. The summed E-state index contributed by atoms with van der Waals surface area (Å²) in [7, 11) is 0. The number of amides is 4. The van der Waals surface area contributed by atoms with E-state index in [-0.39, 0.29) is 24.4 Å². The Balaban J connectivity index is 1.65. The van der Waals surface area contributed by atoms with E-state index in [1.165, 1.54) is 10.5 Å². The van der Waals surface area contributed by atoms with Gasteiger partial charge in [0.2, 0.25) is 5.91 Å². The molecule has 0 unspecified atom stereocenters. The van der Waals surface area contributed by atoms with Crippen LogP contribution in [0, 0.1) is 0 Å². The number of benzene rings is 1. The van der Waals surface area contributed by atoms with Gasteiger partial charge in [-0.2, -0.15) is 0 Å². The van der Waals surface area contributed by atoms with Gasteiger partial charge in [-0.3, -0.25) is 14.5 Å². The Kier molecular flexibility index (Phi) is 5.36. The molecule has 1 saturated heterocycles. The predicted octanol–water partition coefficient (Wildman–Crippen LogP) is 1.46. The quantitative estimate of drug-likeness (QED) is 0.747. The second kappa shape index (κ2) is 7.26. The summed E-state index contributed by atoms with van der Waals surface area (Å²) in [6, 6.07) is 9.55. The van der Waals surface area contributed by atoms with Gasteiger partial charge < -0.3 is 10.6 Å². The largest absolute Gasteiger partial charge is 0.356 e. The molecule has 6 heteroatoms. The van der Waals surface area contributed by atoms with Crippen molar-refractivity contribution in [2.45, 2.75) is 38.6 Å². The summed E-state index contributed by atoms with van der Waals surface area (Å²) in [6.45, 7) is 4.19. The van der Waals surface area contributed by atoms with Crippen LogP contribution in [0.15, 0.2) is 30.3 Å². The molecule has 0 bridgehead atoms. The molecule has 4 amide bonds. The van der Waals surface area contributed by atoms with Gasteiger partial charge in [0, 0.05) is 19.5 Å². The lowest BCUT2D eigenvalue weighted by Crippen LogP contribution is -2.40. The summed E-state index contributed by atoms with van der Waals surface area (Å²) < 4.78 is 0. The van der Waals surface area contributed by atoms with Crippen LogP contribution in [0.3, 0.4) is 0 Å². The van der Waals surface area contributed by atoms with Gasteiger partial charge in [0.05, 0.1) is 0 Å². The van der Waals surface area contributed by atoms with Crippen LogP contribution >= 0.6 is 0 Å². The van der Waals surface area contributed by atoms with Crippen molar-refractivity contribution in [3.05, 3.63) is 35.9 Å². The molecule has 0 atom stereocenters. The molecule has 0 saturated carbocycles. The molecule has 0 spiro atoms. The minimum Gasteiger partial charge on any atom is -0.356 e. The highest BCUT2D eigenvalue weighted by atomic mass is 16.2. The Morgan fingerprint density at radius 3 is 2.52 bits per heavy atom. The van der Waals surface area contributed by atoms with E-state index in [1.807, 2.05) is 30.3 Å². The third-order valence-corrected chi connectivity index (χ3v) is 3.81. The highest BCUT2D eigenvalue weighted by Gasteiger charge is 2.43. The van der Waals surface area contributed by atoms with Gasteiger partial charge in [0.1, 0.15) is 5.54 Å². The average Bonchev–Trinajstić information content (AvgIpc) is 2.70. The monoisotopic (exact) mass is 317 g/mol. The van der Waals surface area contributed by atoms with Gasteiger partial charge in [-0.05, 0) is 32.3 Å². The maximum Gasteiger partial charge on any atom is 0.325 e. The number of carbonyl (C=O) groups is 3. The number of urea groups is 1. The van der Waals surface area contributed by atoms with Crippen molar-refractivity contribution in [2.75, 3.05) is 13.1 Å². The first kappa shape index (κ1) is 17.0.